The number of rotatable bonds is 2. The molecule has 0 saturated heterocycles. The maximum absolute atomic E-state index is 12.1. The number of nitrogens with one attached hydrogen (secondary N) is 2. The maximum Gasteiger partial charge on any atom is 0.258 e. The molecule has 0 atom stereocenters. The van der Waals surface area contributed by atoms with E-state index in [1.54, 1.807) is 13.0 Å². The van der Waals surface area contributed by atoms with Crippen LogP contribution in [0.3, 0.4) is 0 Å². The number of carbonyl (C=O) groups excluding carboxylic acids is 1. The highest BCUT2D eigenvalue weighted by atomic mass is 32.1. The molecule has 6 heteroatoms. The number of benzene rings is 1. The fraction of sp³-hybridized carbons (Fsp3) is 0.0833. The van der Waals surface area contributed by atoms with Crippen LogP contribution in [0.25, 0.3) is 10.9 Å². The molecular formula is C12H10N4OS. The summed E-state index contributed by atoms with van der Waals surface area (Å²) in [7, 11) is 0. The minimum Gasteiger partial charge on any atom is -0.361 e. The Kier molecular flexibility index (Phi) is 2.56. The number of amides is 1. The number of aryl methyl sites for hydroxylation is 1. The molecule has 0 saturated carbocycles. The molecule has 0 unspecified atom stereocenters. The summed E-state index contributed by atoms with van der Waals surface area (Å²) in [5.74, 6) is 0.492. The van der Waals surface area contributed by atoms with Crippen LogP contribution < -0.4 is 5.32 Å². The number of fused-ring (bicyclic) bond motifs is 1. The number of aromatic amines is 1. The molecule has 3 rings (SSSR count). The third-order valence-electron chi connectivity index (χ3n) is 2.59. The van der Waals surface area contributed by atoms with Gasteiger partial charge in [0.05, 0.1) is 0 Å². The first-order valence-corrected chi connectivity index (χ1v) is 6.19. The normalized spacial score (nSPS) is 10.7. The van der Waals surface area contributed by atoms with E-state index < -0.39 is 0 Å². The van der Waals surface area contributed by atoms with Crippen LogP contribution in [0.4, 0.5) is 5.13 Å². The van der Waals surface area contributed by atoms with E-state index in [4.69, 9.17) is 0 Å². The Morgan fingerprint density at radius 1 is 1.39 bits per heavy atom. The van der Waals surface area contributed by atoms with Gasteiger partial charge in [0.25, 0.3) is 5.91 Å². The van der Waals surface area contributed by atoms with Gasteiger partial charge in [-0.1, -0.05) is 6.07 Å². The van der Waals surface area contributed by atoms with Crippen molar-refractivity contribution < 1.29 is 4.79 Å². The molecule has 3 aromatic rings. The summed E-state index contributed by atoms with van der Waals surface area (Å²) >= 11 is 1.18. The van der Waals surface area contributed by atoms with E-state index in [9.17, 15) is 4.79 Å². The number of nitrogens with zero attached hydrogens (tertiary/aromatic N) is 2. The number of hydrogen-bond donors (Lipinski definition) is 2. The minimum atomic E-state index is -0.170. The van der Waals surface area contributed by atoms with Crippen molar-refractivity contribution in [1.29, 1.82) is 0 Å². The van der Waals surface area contributed by atoms with Crippen LogP contribution in [0.15, 0.2) is 30.5 Å². The number of anilines is 1. The first-order chi connectivity index (χ1) is 8.74. The summed E-state index contributed by atoms with van der Waals surface area (Å²) < 4.78 is 4.03. The molecular weight excluding hydrogens is 248 g/mol. The van der Waals surface area contributed by atoms with Gasteiger partial charge in [0.15, 0.2) is 0 Å². The van der Waals surface area contributed by atoms with Crippen molar-refractivity contribution in [1.82, 2.24) is 14.3 Å². The van der Waals surface area contributed by atoms with Gasteiger partial charge in [-0.3, -0.25) is 10.1 Å². The molecule has 90 valence electrons. The molecule has 0 aliphatic heterocycles. The van der Waals surface area contributed by atoms with Crippen molar-refractivity contribution in [3.63, 3.8) is 0 Å². The lowest BCUT2D eigenvalue weighted by Crippen LogP contribution is -2.11. The van der Waals surface area contributed by atoms with Gasteiger partial charge in [0.2, 0.25) is 5.13 Å². The van der Waals surface area contributed by atoms with Crippen LogP contribution in [0, 0.1) is 6.92 Å². The van der Waals surface area contributed by atoms with Gasteiger partial charge in [0.1, 0.15) is 5.82 Å². The summed E-state index contributed by atoms with van der Waals surface area (Å²) in [6.07, 6.45) is 1.82. The van der Waals surface area contributed by atoms with E-state index in [1.807, 2.05) is 24.4 Å². The first-order valence-electron chi connectivity index (χ1n) is 5.42. The second-order valence-electron chi connectivity index (χ2n) is 3.85. The fourth-order valence-corrected chi connectivity index (χ4v) is 2.37. The minimum absolute atomic E-state index is 0.170. The monoisotopic (exact) mass is 258 g/mol. The Morgan fingerprint density at radius 3 is 3.06 bits per heavy atom. The zero-order valence-electron chi connectivity index (χ0n) is 9.60. The highest BCUT2D eigenvalue weighted by Gasteiger charge is 2.12. The molecule has 2 heterocycles. The van der Waals surface area contributed by atoms with Gasteiger partial charge >= 0.3 is 0 Å². The second-order valence-corrected chi connectivity index (χ2v) is 4.60. The Labute approximate surface area is 107 Å². The van der Waals surface area contributed by atoms with Crippen LogP contribution in [0.2, 0.25) is 0 Å². The molecule has 0 radical (unpaired) electrons. The smallest absolute Gasteiger partial charge is 0.258 e. The molecule has 0 aliphatic rings. The van der Waals surface area contributed by atoms with E-state index in [-0.39, 0.29) is 5.91 Å². The summed E-state index contributed by atoms with van der Waals surface area (Å²) in [5, 5.41) is 4.17. The number of carbonyl (C=O) groups is 1. The third-order valence-corrected chi connectivity index (χ3v) is 3.31. The molecule has 0 aliphatic carbocycles. The molecule has 1 aromatic carbocycles. The van der Waals surface area contributed by atoms with Gasteiger partial charge < -0.3 is 4.98 Å². The van der Waals surface area contributed by atoms with Gasteiger partial charge in [-0.2, -0.15) is 4.37 Å². The van der Waals surface area contributed by atoms with Gasteiger partial charge in [-0.25, -0.2) is 4.98 Å². The summed E-state index contributed by atoms with van der Waals surface area (Å²) in [5.41, 5.74) is 1.57. The Bertz CT molecular complexity index is 716. The molecule has 0 spiro atoms. The number of H-pyrrole nitrogens is 1. The molecule has 2 N–H and O–H groups in total. The van der Waals surface area contributed by atoms with Crippen LogP contribution >= 0.6 is 11.5 Å². The average molecular weight is 258 g/mol. The molecule has 5 nitrogen and oxygen atoms in total. The highest BCUT2D eigenvalue weighted by Crippen LogP contribution is 2.19. The van der Waals surface area contributed by atoms with Crippen LogP contribution in [0.1, 0.15) is 16.2 Å². The Hall–Kier alpha value is -2.21. The van der Waals surface area contributed by atoms with Crippen molar-refractivity contribution in [2.45, 2.75) is 6.92 Å². The van der Waals surface area contributed by atoms with E-state index in [0.29, 0.717) is 16.5 Å². The number of hydrogen-bond acceptors (Lipinski definition) is 4. The van der Waals surface area contributed by atoms with Gasteiger partial charge in [-0.05, 0) is 25.1 Å². The summed E-state index contributed by atoms with van der Waals surface area (Å²) in [6, 6.07) is 7.45. The predicted octanol–water partition coefficient (Wildman–Crippen LogP) is 2.58. The van der Waals surface area contributed by atoms with Gasteiger partial charge in [0, 0.05) is 34.2 Å². The molecule has 1 amide bonds. The third kappa shape index (κ3) is 1.86. The zero-order chi connectivity index (χ0) is 12.5. The number of aromatic nitrogens is 3. The lowest BCUT2D eigenvalue weighted by atomic mass is 10.1. The Morgan fingerprint density at radius 2 is 2.28 bits per heavy atom. The van der Waals surface area contributed by atoms with Crippen molar-refractivity contribution in [3.05, 3.63) is 41.9 Å². The van der Waals surface area contributed by atoms with Crippen molar-refractivity contribution in [2.24, 2.45) is 0 Å². The molecule has 0 fully saturated rings. The van der Waals surface area contributed by atoms with E-state index in [1.165, 1.54) is 11.5 Å². The van der Waals surface area contributed by atoms with E-state index in [2.05, 4.69) is 19.7 Å². The van der Waals surface area contributed by atoms with Crippen molar-refractivity contribution in [3.8, 4) is 0 Å². The van der Waals surface area contributed by atoms with Crippen molar-refractivity contribution in [2.75, 3.05) is 5.32 Å². The molecule has 0 bridgehead atoms. The first kappa shape index (κ1) is 10.9. The van der Waals surface area contributed by atoms with E-state index >= 15 is 0 Å². The molecule has 2 aromatic heterocycles. The van der Waals surface area contributed by atoms with E-state index in [0.717, 1.165) is 10.9 Å². The largest absolute Gasteiger partial charge is 0.361 e. The summed E-state index contributed by atoms with van der Waals surface area (Å²) in [6.45, 7) is 1.79. The lowest BCUT2D eigenvalue weighted by molar-refractivity contribution is 0.102. The quantitative estimate of drug-likeness (QED) is 0.742. The van der Waals surface area contributed by atoms with Crippen LogP contribution in [0.5, 0.6) is 0 Å². The van der Waals surface area contributed by atoms with Crippen LogP contribution in [-0.2, 0) is 0 Å². The molecule has 18 heavy (non-hydrogen) atoms. The SMILES string of the molecule is Cc1nsc(NC(=O)c2cccc3[nH]ccc23)n1. The van der Waals surface area contributed by atoms with Crippen molar-refractivity contribution >= 4 is 33.5 Å². The predicted molar refractivity (Wildman–Crippen MR) is 70.9 cm³/mol. The fourth-order valence-electron chi connectivity index (χ4n) is 1.80. The summed E-state index contributed by atoms with van der Waals surface area (Å²) in [4.78, 5) is 19.3. The standard InChI is InChI=1S/C12H10N4OS/c1-7-14-12(18-16-7)15-11(17)9-3-2-4-10-8(9)5-6-13-10/h2-6,13H,1H3,(H,14,15,16,17). The zero-order valence-corrected chi connectivity index (χ0v) is 10.4. The lowest BCUT2D eigenvalue weighted by Gasteiger charge is -2.02. The average Bonchev–Trinajstić information content (AvgIpc) is 2.97. The topological polar surface area (TPSA) is 70.7 Å². The second kappa shape index (κ2) is 4.23. The Balaban J connectivity index is 1.94. The van der Waals surface area contributed by atoms with Gasteiger partial charge in [-0.15, -0.1) is 0 Å². The maximum atomic E-state index is 12.1. The highest BCUT2D eigenvalue weighted by molar-refractivity contribution is 7.09. The van der Waals surface area contributed by atoms with Crippen LogP contribution in [-0.4, -0.2) is 20.2 Å².